The van der Waals surface area contributed by atoms with E-state index in [-0.39, 0.29) is 0 Å². The van der Waals surface area contributed by atoms with E-state index in [2.05, 4.69) is 0 Å². The van der Waals surface area contributed by atoms with Gasteiger partial charge in [-0.3, -0.25) is 0 Å². The summed E-state index contributed by atoms with van der Waals surface area (Å²) in [5.74, 6) is 0. The molecule has 2 aromatic rings. The van der Waals surface area contributed by atoms with Crippen LogP contribution in [0.15, 0.2) is 36.4 Å². The van der Waals surface area contributed by atoms with E-state index in [1.807, 2.05) is 24.3 Å². The van der Waals surface area contributed by atoms with Crippen LogP contribution in [0.2, 0.25) is 0 Å². The molecule has 0 atom stereocenters. The summed E-state index contributed by atoms with van der Waals surface area (Å²) < 4.78 is 0. The zero-order chi connectivity index (χ0) is 12.4. The summed E-state index contributed by atoms with van der Waals surface area (Å²) in [6.45, 7) is 0. The molecule has 0 radical (unpaired) electrons. The summed E-state index contributed by atoms with van der Waals surface area (Å²) in [7, 11) is 0. The first-order valence-corrected chi connectivity index (χ1v) is 5.35. The molecule has 0 saturated heterocycles. The summed E-state index contributed by atoms with van der Waals surface area (Å²) in [5, 5.41) is 0. The number of benzene rings is 2. The van der Waals surface area contributed by atoms with Crippen molar-refractivity contribution >= 4 is 22.7 Å². The fourth-order valence-corrected chi connectivity index (χ4v) is 1.78. The predicted octanol–water partition coefficient (Wildman–Crippen LogP) is 1.61. The van der Waals surface area contributed by atoms with Gasteiger partial charge in [-0.25, -0.2) is 0 Å². The number of hydrogen-bond acceptors (Lipinski definition) is 4. The maximum Gasteiger partial charge on any atom is 0.0604 e. The molecule has 0 bridgehead atoms. The van der Waals surface area contributed by atoms with Gasteiger partial charge in [0.15, 0.2) is 0 Å². The Morgan fingerprint density at radius 2 is 1.35 bits per heavy atom. The van der Waals surface area contributed by atoms with Gasteiger partial charge in [-0.15, -0.1) is 0 Å². The van der Waals surface area contributed by atoms with Gasteiger partial charge in [0.05, 0.1) is 11.4 Å². The van der Waals surface area contributed by atoms with Gasteiger partial charge in [-0.2, -0.15) is 0 Å². The lowest BCUT2D eigenvalue weighted by atomic mass is 9.99. The molecule has 17 heavy (non-hydrogen) atoms. The molecule has 0 unspecified atom stereocenters. The molecule has 0 fully saturated rings. The highest BCUT2D eigenvalue weighted by atomic mass is 14.7. The molecule has 0 aliphatic rings. The molecule has 0 spiro atoms. The summed E-state index contributed by atoms with van der Waals surface area (Å²) in [5.41, 5.74) is 27.8. The first-order valence-electron chi connectivity index (χ1n) is 5.35. The third-order valence-electron chi connectivity index (χ3n) is 2.85. The maximum absolute atomic E-state index is 5.94. The Balaban J connectivity index is 2.43. The summed E-state index contributed by atoms with van der Waals surface area (Å²) in [6, 6.07) is 11.1. The summed E-state index contributed by atoms with van der Waals surface area (Å²) >= 11 is 0. The Kier molecular flexibility index (Phi) is 2.78. The van der Waals surface area contributed by atoms with Crippen molar-refractivity contribution in [1.82, 2.24) is 0 Å². The number of para-hydroxylation sites is 1. The molecule has 2 rings (SSSR count). The fourth-order valence-electron chi connectivity index (χ4n) is 1.78. The average molecular weight is 228 g/mol. The lowest BCUT2D eigenvalue weighted by Crippen LogP contribution is -2.05. The van der Waals surface area contributed by atoms with E-state index in [0.717, 1.165) is 16.8 Å². The quantitative estimate of drug-likeness (QED) is 0.586. The average Bonchev–Trinajstić information content (AvgIpc) is 2.32. The smallest absolute Gasteiger partial charge is 0.0604 e. The largest absolute Gasteiger partial charge is 0.398 e. The first kappa shape index (κ1) is 11.1. The standard InChI is InChI=1S/C13H16N4/c14-10-4-2-1-3-8(10)7-9-11(15)5-6-12(16)13(9)17/h1-6H,7,14-17H2. The first-order chi connectivity index (χ1) is 8.09. The van der Waals surface area contributed by atoms with Crippen molar-refractivity contribution in [3.05, 3.63) is 47.5 Å². The van der Waals surface area contributed by atoms with Crippen LogP contribution in [0, 0.1) is 0 Å². The molecule has 0 amide bonds. The number of anilines is 4. The number of nitrogens with two attached hydrogens (primary N) is 4. The van der Waals surface area contributed by atoms with Crippen LogP contribution in [-0.4, -0.2) is 0 Å². The van der Waals surface area contributed by atoms with Crippen LogP contribution < -0.4 is 22.9 Å². The van der Waals surface area contributed by atoms with E-state index >= 15 is 0 Å². The minimum absolute atomic E-state index is 0.535. The second-order valence-electron chi connectivity index (χ2n) is 4.01. The van der Waals surface area contributed by atoms with Crippen molar-refractivity contribution in [1.29, 1.82) is 0 Å². The van der Waals surface area contributed by atoms with Crippen LogP contribution in [0.5, 0.6) is 0 Å². The van der Waals surface area contributed by atoms with Crippen LogP contribution >= 0.6 is 0 Å². The third-order valence-corrected chi connectivity index (χ3v) is 2.85. The highest BCUT2D eigenvalue weighted by molar-refractivity contribution is 5.75. The second kappa shape index (κ2) is 4.25. The monoisotopic (exact) mass is 228 g/mol. The van der Waals surface area contributed by atoms with Gasteiger partial charge in [0.1, 0.15) is 0 Å². The molecule has 0 saturated carbocycles. The molecule has 4 heteroatoms. The van der Waals surface area contributed by atoms with Crippen LogP contribution in [0.1, 0.15) is 11.1 Å². The SMILES string of the molecule is Nc1ccccc1Cc1c(N)ccc(N)c1N. The topological polar surface area (TPSA) is 104 Å². The molecular weight excluding hydrogens is 212 g/mol. The van der Waals surface area contributed by atoms with Crippen LogP contribution in [0.3, 0.4) is 0 Å². The molecule has 4 nitrogen and oxygen atoms in total. The molecule has 2 aromatic carbocycles. The normalized spacial score (nSPS) is 10.4. The molecular formula is C13H16N4. The molecule has 0 aliphatic heterocycles. The minimum Gasteiger partial charge on any atom is -0.398 e. The Morgan fingerprint density at radius 1 is 0.706 bits per heavy atom. The van der Waals surface area contributed by atoms with E-state index in [1.54, 1.807) is 12.1 Å². The number of nitrogen functional groups attached to an aromatic ring is 4. The fraction of sp³-hybridized carbons (Fsp3) is 0.0769. The Labute approximate surface area is 100 Å². The van der Waals surface area contributed by atoms with Gasteiger partial charge < -0.3 is 22.9 Å². The summed E-state index contributed by atoms with van der Waals surface area (Å²) in [4.78, 5) is 0. The highest BCUT2D eigenvalue weighted by Crippen LogP contribution is 2.29. The van der Waals surface area contributed by atoms with E-state index < -0.39 is 0 Å². The lowest BCUT2D eigenvalue weighted by Gasteiger charge is -2.12. The zero-order valence-corrected chi connectivity index (χ0v) is 9.48. The van der Waals surface area contributed by atoms with Crippen LogP contribution in [-0.2, 0) is 6.42 Å². The predicted molar refractivity (Wildman–Crippen MR) is 73.3 cm³/mol. The van der Waals surface area contributed by atoms with Gasteiger partial charge in [0.25, 0.3) is 0 Å². The molecule has 0 aromatic heterocycles. The van der Waals surface area contributed by atoms with E-state index in [9.17, 15) is 0 Å². The van der Waals surface area contributed by atoms with E-state index in [1.165, 1.54) is 0 Å². The van der Waals surface area contributed by atoms with Crippen molar-refractivity contribution < 1.29 is 0 Å². The van der Waals surface area contributed by atoms with Crippen molar-refractivity contribution in [3.63, 3.8) is 0 Å². The Bertz CT molecular complexity index is 549. The van der Waals surface area contributed by atoms with Gasteiger partial charge in [-0.05, 0) is 23.8 Å². The van der Waals surface area contributed by atoms with Crippen molar-refractivity contribution in [2.75, 3.05) is 22.9 Å². The van der Waals surface area contributed by atoms with Crippen LogP contribution in [0.4, 0.5) is 22.7 Å². The minimum atomic E-state index is 0.535. The number of rotatable bonds is 2. The Morgan fingerprint density at radius 3 is 2.06 bits per heavy atom. The molecule has 88 valence electrons. The zero-order valence-electron chi connectivity index (χ0n) is 9.48. The van der Waals surface area contributed by atoms with Crippen molar-refractivity contribution in [2.45, 2.75) is 6.42 Å². The number of hydrogen-bond donors (Lipinski definition) is 4. The van der Waals surface area contributed by atoms with Gasteiger partial charge in [0, 0.05) is 23.4 Å². The summed E-state index contributed by atoms with van der Waals surface area (Å²) in [6.07, 6.45) is 0.593. The maximum atomic E-state index is 5.94. The third kappa shape index (κ3) is 2.10. The second-order valence-corrected chi connectivity index (χ2v) is 4.01. The highest BCUT2D eigenvalue weighted by Gasteiger charge is 2.09. The molecule has 8 N–H and O–H groups in total. The van der Waals surface area contributed by atoms with Crippen molar-refractivity contribution in [3.8, 4) is 0 Å². The van der Waals surface area contributed by atoms with Gasteiger partial charge in [0.2, 0.25) is 0 Å². The molecule has 0 aliphatic carbocycles. The van der Waals surface area contributed by atoms with Gasteiger partial charge >= 0.3 is 0 Å². The van der Waals surface area contributed by atoms with Crippen LogP contribution in [0.25, 0.3) is 0 Å². The van der Waals surface area contributed by atoms with E-state index in [4.69, 9.17) is 22.9 Å². The molecule has 0 heterocycles. The lowest BCUT2D eigenvalue weighted by molar-refractivity contribution is 1.21. The Hall–Kier alpha value is -2.36. The van der Waals surface area contributed by atoms with Crippen molar-refractivity contribution in [2.24, 2.45) is 0 Å². The van der Waals surface area contributed by atoms with E-state index in [0.29, 0.717) is 23.5 Å². The van der Waals surface area contributed by atoms with Gasteiger partial charge in [-0.1, -0.05) is 18.2 Å².